The number of hydrogen-bond acceptors (Lipinski definition) is 7. The van der Waals surface area contributed by atoms with Gasteiger partial charge in [-0.1, -0.05) is 12.1 Å². The van der Waals surface area contributed by atoms with Crippen LogP contribution in [0.15, 0.2) is 48.2 Å². The van der Waals surface area contributed by atoms with Crippen LogP contribution in [0.5, 0.6) is 17.2 Å². The Balaban J connectivity index is 1.82. The molecule has 0 bridgehead atoms. The third kappa shape index (κ3) is 4.14. The van der Waals surface area contributed by atoms with Gasteiger partial charge in [0.25, 0.3) is 11.8 Å². The molecular weight excluding hydrogens is 424 g/mol. The number of carbonyl (C=O) groups is 2. The second kappa shape index (κ2) is 9.15. The van der Waals surface area contributed by atoms with Gasteiger partial charge >= 0.3 is 0 Å². The van der Waals surface area contributed by atoms with Gasteiger partial charge in [0.15, 0.2) is 11.5 Å². The maximum Gasteiger partial charge on any atom is 0.282 e. The summed E-state index contributed by atoms with van der Waals surface area (Å²) >= 11 is 0. The molecule has 0 aromatic heterocycles. The molecule has 2 aliphatic rings. The Morgan fingerprint density at radius 1 is 0.818 bits per heavy atom. The third-order valence-electron chi connectivity index (χ3n) is 5.80. The van der Waals surface area contributed by atoms with E-state index in [-0.39, 0.29) is 24.0 Å². The Morgan fingerprint density at radius 3 is 2.03 bits per heavy atom. The maximum absolute atomic E-state index is 13.8. The van der Waals surface area contributed by atoms with E-state index in [1.54, 1.807) is 49.6 Å². The minimum Gasteiger partial charge on any atom is -0.497 e. The van der Waals surface area contributed by atoms with Crippen LogP contribution in [0.2, 0.25) is 0 Å². The zero-order chi connectivity index (χ0) is 23.7. The summed E-state index contributed by atoms with van der Waals surface area (Å²) in [5.41, 5.74) is 1.80. The fourth-order valence-electron chi connectivity index (χ4n) is 4.39. The molecule has 1 fully saturated rings. The molecule has 1 saturated heterocycles. The van der Waals surface area contributed by atoms with Gasteiger partial charge in [-0.15, -0.1) is 0 Å². The topological polar surface area (TPSA) is 77.5 Å². The van der Waals surface area contributed by atoms with Gasteiger partial charge in [-0.25, -0.2) is 4.90 Å². The number of rotatable bonds is 6. The van der Waals surface area contributed by atoms with Gasteiger partial charge in [0, 0.05) is 19.2 Å². The van der Waals surface area contributed by atoms with Crippen molar-refractivity contribution in [1.82, 2.24) is 4.90 Å². The van der Waals surface area contributed by atoms with Gasteiger partial charge in [0.1, 0.15) is 11.4 Å². The second-order valence-corrected chi connectivity index (χ2v) is 8.10. The molecule has 2 heterocycles. The lowest BCUT2D eigenvalue weighted by Gasteiger charge is -2.37. The van der Waals surface area contributed by atoms with E-state index >= 15 is 0 Å². The fraction of sp³-hybridized carbons (Fsp3) is 0.360. The summed E-state index contributed by atoms with van der Waals surface area (Å²) in [6, 6.07) is 12.1. The first-order valence-corrected chi connectivity index (χ1v) is 10.8. The summed E-state index contributed by atoms with van der Waals surface area (Å²) in [6.45, 7) is 4.95. The molecule has 33 heavy (non-hydrogen) atoms. The van der Waals surface area contributed by atoms with E-state index < -0.39 is 0 Å². The van der Waals surface area contributed by atoms with Crippen molar-refractivity contribution < 1.29 is 28.5 Å². The molecule has 2 amide bonds. The van der Waals surface area contributed by atoms with Crippen LogP contribution in [-0.4, -0.2) is 63.3 Å². The Morgan fingerprint density at radius 2 is 1.45 bits per heavy atom. The Bertz CT molecular complexity index is 1080. The molecule has 2 aromatic carbocycles. The maximum atomic E-state index is 13.8. The van der Waals surface area contributed by atoms with Crippen LogP contribution >= 0.6 is 0 Å². The van der Waals surface area contributed by atoms with Crippen LogP contribution in [-0.2, 0) is 14.3 Å². The van der Waals surface area contributed by atoms with Crippen LogP contribution < -0.4 is 19.1 Å². The smallest absolute Gasteiger partial charge is 0.282 e. The molecule has 2 unspecified atom stereocenters. The van der Waals surface area contributed by atoms with E-state index in [9.17, 15) is 9.59 Å². The standard InChI is InChI=1S/C25H28N2O6/c1-15-13-26(14-16(2)33-15)23-22(17-6-9-19(30-3)10-7-17)24(28)27(25(23)29)18-8-11-20(31-4)21(12-18)32-5/h6-12,15-16H,13-14H2,1-5H3. The van der Waals surface area contributed by atoms with Crippen LogP contribution in [0, 0.1) is 0 Å². The molecule has 0 N–H and O–H groups in total. The van der Waals surface area contributed by atoms with Crippen molar-refractivity contribution in [2.75, 3.05) is 39.3 Å². The van der Waals surface area contributed by atoms with Gasteiger partial charge in [-0.05, 0) is 43.7 Å². The highest BCUT2D eigenvalue weighted by Crippen LogP contribution is 2.39. The number of anilines is 1. The van der Waals surface area contributed by atoms with Crippen LogP contribution in [0.4, 0.5) is 5.69 Å². The molecule has 0 aliphatic carbocycles. The molecule has 2 aromatic rings. The van der Waals surface area contributed by atoms with Crippen molar-refractivity contribution in [3.63, 3.8) is 0 Å². The Labute approximate surface area is 193 Å². The molecule has 0 radical (unpaired) electrons. The van der Waals surface area contributed by atoms with E-state index in [0.717, 1.165) is 0 Å². The summed E-state index contributed by atoms with van der Waals surface area (Å²) < 4.78 is 21.8. The number of methoxy groups -OCH3 is 3. The number of imide groups is 1. The van der Waals surface area contributed by atoms with Crippen molar-refractivity contribution in [3.8, 4) is 17.2 Å². The molecule has 8 heteroatoms. The molecule has 8 nitrogen and oxygen atoms in total. The van der Waals surface area contributed by atoms with Gasteiger partial charge in [0.05, 0.1) is 44.8 Å². The Kier molecular flexibility index (Phi) is 6.29. The predicted molar refractivity (Wildman–Crippen MR) is 124 cm³/mol. The molecule has 2 aliphatic heterocycles. The molecular formula is C25H28N2O6. The number of morpholine rings is 1. The largest absolute Gasteiger partial charge is 0.497 e. The number of hydrogen-bond donors (Lipinski definition) is 0. The minimum atomic E-state index is -0.390. The molecule has 2 atom stereocenters. The second-order valence-electron chi connectivity index (χ2n) is 8.10. The number of benzene rings is 2. The van der Waals surface area contributed by atoms with Crippen LogP contribution in [0.1, 0.15) is 19.4 Å². The third-order valence-corrected chi connectivity index (χ3v) is 5.80. The average Bonchev–Trinajstić information content (AvgIpc) is 3.07. The predicted octanol–water partition coefficient (Wildman–Crippen LogP) is 3.11. The first-order chi connectivity index (χ1) is 15.9. The zero-order valence-electron chi connectivity index (χ0n) is 19.5. The van der Waals surface area contributed by atoms with Gasteiger partial charge in [0.2, 0.25) is 0 Å². The van der Waals surface area contributed by atoms with Crippen LogP contribution in [0.3, 0.4) is 0 Å². The molecule has 4 rings (SSSR count). The van der Waals surface area contributed by atoms with Crippen molar-refractivity contribution in [1.29, 1.82) is 0 Å². The number of carbonyl (C=O) groups excluding carboxylic acids is 2. The Hall–Kier alpha value is -3.52. The highest BCUT2D eigenvalue weighted by atomic mass is 16.5. The molecule has 174 valence electrons. The highest BCUT2D eigenvalue weighted by Gasteiger charge is 2.44. The summed E-state index contributed by atoms with van der Waals surface area (Å²) in [5, 5.41) is 0. The lowest BCUT2D eigenvalue weighted by atomic mass is 10.0. The highest BCUT2D eigenvalue weighted by molar-refractivity contribution is 6.45. The van der Waals surface area contributed by atoms with Crippen molar-refractivity contribution in [2.45, 2.75) is 26.1 Å². The summed E-state index contributed by atoms with van der Waals surface area (Å²) in [7, 11) is 4.63. The van der Waals surface area contributed by atoms with Crippen LogP contribution in [0.25, 0.3) is 5.57 Å². The normalized spacial score (nSPS) is 21.0. The lowest BCUT2D eigenvalue weighted by Crippen LogP contribution is -2.47. The van der Waals surface area contributed by atoms with Crippen molar-refractivity contribution >= 4 is 23.1 Å². The van der Waals surface area contributed by atoms with E-state index in [4.69, 9.17) is 18.9 Å². The van der Waals surface area contributed by atoms with E-state index in [2.05, 4.69) is 0 Å². The monoisotopic (exact) mass is 452 g/mol. The van der Waals surface area contributed by atoms with Gasteiger partial charge in [-0.2, -0.15) is 0 Å². The molecule has 0 spiro atoms. The summed E-state index contributed by atoms with van der Waals surface area (Å²) in [5.74, 6) is 0.852. The SMILES string of the molecule is COc1ccc(C2=C(N3CC(C)OC(C)C3)C(=O)N(c3ccc(OC)c(OC)c3)C2=O)cc1. The molecule has 0 saturated carbocycles. The first-order valence-electron chi connectivity index (χ1n) is 10.8. The number of amides is 2. The minimum absolute atomic E-state index is 0.0728. The quantitative estimate of drug-likeness (QED) is 0.624. The van der Waals surface area contributed by atoms with E-state index in [0.29, 0.717) is 52.9 Å². The van der Waals surface area contributed by atoms with E-state index in [1.807, 2.05) is 18.7 Å². The van der Waals surface area contributed by atoms with Gasteiger partial charge in [-0.3, -0.25) is 9.59 Å². The van der Waals surface area contributed by atoms with Crippen molar-refractivity contribution in [3.05, 3.63) is 53.7 Å². The lowest BCUT2D eigenvalue weighted by molar-refractivity contribution is -0.121. The fourth-order valence-corrected chi connectivity index (χ4v) is 4.39. The van der Waals surface area contributed by atoms with Crippen molar-refractivity contribution in [2.24, 2.45) is 0 Å². The van der Waals surface area contributed by atoms with E-state index in [1.165, 1.54) is 19.1 Å². The summed E-state index contributed by atoms with van der Waals surface area (Å²) in [4.78, 5) is 30.6. The van der Waals surface area contributed by atoms with Gasteiger partial charge < -0.3 is 23.8 Å². The number of ether oxygens (including phenoxy) is 4. The summed E-state index contributed by atoms with van der Waals surface area (Å²) in [6.07, 6.45) is -0.146. The first kappa shape index (κ1) is 22.7. The average molecular weight is 453 g/mol. The zero-order valence-corrected chi connectivity index (χ0v) is 19.5. The number of nitrogens with zero attached hydrogens (tertiary/aromatic N) is 2.